The van der Waals surface area contributed by atoms with E-state index in [9.17, 15) is 13.2 Å². The molecular formula is C14H10F3IO. The van der Waals surface area contributed by atoms with Crippen LogP contribution in [0.4, 0.5) is 13.2 Å². The van der Waals surface area contributed by atoms with Crippen LogP contribution >= 0.6 is 22.6 Å². The van der Waals surface area contributed by atoms with Crippen molar-refractivity contribution >= 4 is 22.6 Å². The molecule has 2 aromatic rings. The van der Waals surface area contributed by atoms with Crippen molar-refractivity contribution in [1.29, 1.82) is 0 Å². The maximum atomic E-state index is 12.0. The van der Waals surface area contributed by atoms with Gasteiger partial charge in [-0.25, -0.2) is 0 Å². The topological polar surface area (TPSA) is 9.23 Å². The monoisotopic (exact) mass is 378 g/mol. The molecule has 1 nitrogen and oxygen atoms in total. The van der Waals surface area contributed by atoms with Crippen LogP contribution in [0.3, 0.4) is 0 Å². The zero-order chi connectivity index (χ0) is 14.0. The summed E-state index contributed by atoms with van der Waals surface area (Å²) in [5.74, 6) is -0.210. The number of hydrogen-bond acceptors (Lipinski definition) is 1. The highest BCUT2D eigenvalue weighted by atomic mass is 127. The molecule has 2 rings (SSSR count). The van der Waals surface area contributed by atoms with Crippen molar-refractivity contribution in [3.8, 4) is 16.9 Å². The third-order valence-corrected chi connectivity index (χ3v) is 3.79. The van der Waals surface area contributed by atoms with E-state index in [2.05, 4.69) is 27.3 Å². The first-order chi connectivity index (χ1) is 8.85. The normalized spacial score (nSPS) is 11.4. The van der Waals surface area contributed by atoms with Gasteiger partial charge in [-0.15, -0.1) is 13.2 Å². The first kappa shape index (κ1) is 14.2. The van der Waals surface area contributed by atoms with Crippen LogP contribution in [0.15, 0.2) is 42.5 Å². The van der Waals surface area contributed by atoms with Crippen molar-refractivity contribution in [1.82, 2.24) is 0 Å². The van der Waals surface area contributed by atoms with Gasteiger partial charge < -0.3 is 4.74 Å². The number of rotatable bonds is 2. The summed E-state index contributed by atoms with van der Waals surface area (Å²) >= 11 is 2.24. The van der Waals surface area contributed by atoms with E-state index < -0.39 is 6.36 Å². The second-order valence-electron chi connectivity index (χ2n) is 4.04. The van der Waals surface area contributed by atoms with Crippen LogP contribution in [0.25, 0.3) is 11.1 Å². The Hall–Kier alpha value is -1.24. The number of alkyl halides is 3. The van der Waals surface area contributed by atoms with Crippen molar-refractivity contribution in [2.24, 2.45) is 0 Å². The summed E-state index contributed by atoms with van der Waals surface area (Å²) in [4.78, 5) is 0. The lowest BCUT2D eigenvalue weighted by atomic mass is 10.0. The van der Waals surface area contributed by atoms with Gasteiger partial charge in [0.15, 0.2) is 0 Å². The van der Waals surface area contributed by atoms with E-state index in [0.717, 1.165) is 20.3 Å². The largest absolute Gasteiger partial charge is 0.573 e. The lowest BCUT2D eigenvalue weighted by Gasteiger charge is -2.10. The van der Waals surface area contributed by atoms with Crippen molar-refractivity contribution in [2.75, 3.05) is 0 Å². The maximum absolute atomic E-state index is 12.0. The Bertz CT molecular complexity index is 576. The van der Waals surface area contributed by atoms with Gasteiger partial charge in [0.05, 0.1) is 0 Å². The highest BCUT2D eigenvalue weighted by Gasteiger charge is 2.30. The molecule has 0 N–H and O–H groups in total. The summed E-state index contributed by atoms with van der Waals surface area (Å²) < 4.78 is 41.1. The van der Waals surface area contributed by atoms with Crippen LogP contribution in [-0.4, -0.2) is 6.36 Å². The number of ether oxygens (including phenoxy) is 1. The van der Waals surface area contributed by atoms with Gasteiger partial charge >= 0.3 is 6.36 Å². The molecule has 0 atom stereocenters. The molecule has 0 aliphatic carbocycles. The van der Waals surface area contributed by atoms with Crippen LogP contribution < -0.4 is 4.74 Å². The Morgan fingerprint density at radius 2 is 1.53 bits per heavy atom. The lowest BCUT2D eigenvalue weighted by Crippen LogP contribution is -2.16. The molecule has 0 fully saturated rings. The lowest BCUT2D eigenvalue weighted by molar-refractivity contribution is -0.274. The molecule has 0 aliphatic rings. The molecule has 0 amide bonds. The predicted molar refractivity (Wildman–Crippen MR) is 76.0 cm³/mol. The summed E-state index contributed by atoms with van der Waals surface area (Å²) in [7, 11) is 0. The Labute approximate surface area is 122 Å². The minimum absolute atomic E-state index is 0.210. The summed E-state index contributed by atoms with van der Waals surface area (Å²) in [6.45, 7) is 1.99. The predicted octanol–water partition coefficient (Wildman–Crippen LogP) is 5.17. The van der Waals surface area contributed by atoms with E-state index >= 15 is 0 Å². The molecule has 0 unspecified atom stereocenters. The average molecular weight is 378 g/mol. The molecular weight excluding hydrogens is 368 g/mol. The van der Waals surface area contributed by atoms with Crippen molar-refractivity contribution in [3.63, 3.8) is 0 Å². The summed E-state index contributed by atoms with van der Waals surface area (Å²) in [6.07, 6.45) is -4.65. The van der Waals surface area contributed by atoms with Gasteiger partial charge in [0.25, 0.3) is 0 Å². The minimum Gasteiger partial charge on any atom is -0.406 e. The summed E-state index contributed by atoms with van der Waals surface area (Å²) in [5, 5.41) is 0. The third-order valence-electron chi connectivity index (χ3n) is 2.58. The van der Waals surface area contributed by atoms with Crippen molar-refractivity contribution in [2.45, 2.75) is 13.3 Å². The summed E-state index contributed by atoms with van der Waals surface area (Å²) in [5.41, 5.74) is 2.96. The molecule has 0 spiro atoms. The third kappa shape index (κ3) is 3.86. The smallest absolute Gasteiger partial charge is 0.406 e. The van der Waals surface area contributed by atoms with Gasteiger partial charge in [-0.2, -0.15) is 0 Å². The number of halogens is 4. The highest BCUT2D eigenvalue weighted by molar-refractivity contribution is 14.1. The fraction of sp³-hybridized carbons (Fsp3) is 0.143. The van der Waals surface area contributed by atoms with E-state index in [4.69, 9.17) is 0 Å². The maximum Gasteiger partial charge on any atom is 0.573 e. The molecule has 0 heterocycles. The molecule has 100 valence electrons. The Balaban J connectivity index is 2.25. The van der Waals surface area contributed by atoms with Gasteiger partial charge in [0.2, 0.25) is 0 Å². The van der Waals surface area contributed by atoms with Crippen molar-refractivity contribution < 1.29 is 17.9 Å². The number of hydrogen-bond donors (Lipinski definition) is 0. The number of aryl methyl sites for hydroxylation is 1. The Kier molecular flexibility index (Phi) is 4.03. The Morgan fingerprint density at radius 3 is 2.05 bits per heavy atom. The fourth-order valence-corrected chi connectivity index (χ4v) is 2.01. The van der Waals surface area contributed by atoms with Crippen LogP contribution in [0.1, 0.15) is 5.56 Å². The fourth-order valence-electron chi connectivity index (χ4n) is 1.67. The van der Waals surface area contributed by atoms with Crippen LogP contribution in [0.5, 0.6) is 5.75 Å². The molecule has 5 heteroatoms. The summed E-state index contributed by atoms with van der Waals surface area (Å²) in [6, 6.07) is 11.8. The van der Waals surface area contributed by atoms with E-state index in [1.165, 1.54) is 12.1 Å². The highest BCUT2D eigenvalue weighted by Crippen LogP contribution is 2.27. The standard InChI is InChI=1S/C14H10F3IO/c1-9-8-11(4-7-13(9)18)10-2-5-12(6-3-10)19-14(15,16)17/h2-8H,1H3. The van der Waals surface area contributed by atoms with E-state index in [1.54, 1.807) is 12.1 Å². The molecule has 0 saturated carbocycles. The minimum atomic E-state index is -4.65. The Morgan fingerprint density at radius 1 is 0.947 bits per heavy atom. The zero-order valence-corrected chi connectivity index (χ0v) is 12.1. The first-order valence-corrected chi connectivity index (χ1v) is 6.55. The van der Waals surface area contributed by atoms with Gasteiger partial charge in [0.1, 0.15) is 5.75 Å². The van der Waals surface area contributed by atoms with Gasteiger partial charge in [-0.1, -0.05) is 24.3 Å². The second kappa shape index (κ2) is 5.40. The average Bonchev–Trinajstić information content (AvgIpc) is 2.32. The molecule has 0 aromatic heterocycles. The van der Waals surface area contributed by atoms with E-state index in [-0.39, 0.29) is 5.75 Å². The molecule has 0 bridgehead atoms. The molecule has 0 saturated heterocycles. The molecule has 0 aliphatic heterocycles. The van der Waals surface area contributed by atoms with E-state index in [0.29, 0.717) is 0 Å². The second-order valence-corrected chi connectivity index (χ2v) is 5.20. The quantitative estimate of drug-likeness (QED) is 0.656. The number of benzene rings is 2. The first-order valence-electron chi connectivity index (χ1n) is 5.47. The van der Waals surface area contributed by atoms with E-state index in [1.807, 2.05) is 25.1 Å². The molecule has 19 heavy (non-hydrogen) atoms. The van der Waals surface area contributed by atoms with Crippen molar-refractivity contribution in [3.05, 3.63) is 51.6 Å². The van der Waals surface area contributed by atoms with Crippen LogP contribution in [0, 0.1) is 10.5 Å². The molecule has 2 aromatic carbocycles. The van der Waals surface area contributed by atoms with Gasteiger partial charge in [-0.05, 0) is 64.4 Å². The molecule has 0 radical (unpaired) electrons. The van der Waals surface area contributed by atoms with Gasteiger partial charge in [0, 0.05) is 3.57 Å². The van der Waals surface area contributed by atoms with Gasteiger partial charge in [-0.3, -0.25) is 0 Å². The van der Waals surface area contributed by atoms with Crippen LogP contribution in [-0.2, 0) is 0 Å². The SMILES string of the molecule is Cc1cc(-c2ccc(OC(F)(F)F)cc2)ccc1I. The zero-order valence-electron chi connectivity index (χ0n) is 9.96. The van der Waals surface area contributed by atoms with Crippen LogP contribution in [0.2, 0.25) is 0 Å².